The Morgan fingerprint density at radius 2 is 1.87 bits per heavy atom. The molecule has 3 N–H and O–H groups in total. The molecule has 0 spiro atoms. The summed E-state index contributed by atoms with van der Waals surface area (Å²) in [6.45, 7) is 11.8. The molecular weight excluding hydrogens is 628 g/mol. The summed E-state index contributed by atoms with van der Waals surface area (Å²) >= 11 is 1.33. The van der Waals surface area contributed by atoms with Gasteiger partial charge in [-0.1, -0.05) is 30.7 Å². The molecule has 2 aromatic carbocycles. The van der Waals surface area contributed by atoms with Crippen molar-refractivity contribution in [2.45, 2.75) is 84.5 Å². The van der Waals surface area contributed by atoms with E-state index in [-0.39, 0.29) is 23.9 Å². The van der Waals surface area contributed by atoms with Gasteiger partial charge in [0.25, 0.3) is 0 Å². The highest BCUT2D eigenvalue weighted by Crippen LogP contribution is 2.57. The molecule has 244 valence electrons. The number of benzene rings is 2. The van der Waals surface area contributed by atoms with Crippen LogP contribution in [0.5, 0.6) is 0 Å². The first kappa shape index (κ1) is 33.3. The Bertz CT molecular complexity index is 1750. The van der Waals surface area contributed by atoms with Gasteiger partial charge in [0.15, 0.2) is 0 Å². The van der Waals surface area contributed by atoms with Gasteiger partial charge in [0.05, 0.1) is 39.5 Å². The van der Waals surface area contributed by atoms with Gasteiger partial charge >= 0.3 is 12.1 Å². The molecule has 0 saturated carbocycles. The molecule has 3 heterocycles. The normalized spacial score (nSPS) is 18.9. The number of carboxylic acids is 1. The summed E-state index contributed by atoms with van der Waals surface area (Å²) < 4.78 is 67.2. The SMILES string of the molecule is CCC1Cc2ccc(C(F)(F)F)cc2S(O)(O)N(Cc2nc(C(c3ccc4c(nnn4CC)c3C)C(C)(C)C(=O)O)sc2C)C1. The Morgan fingerprint density at radius 1 is 1.16 bits per heavy atom. The van der Waals surface area contributed by atoms with E-state index < -0.39 is 39.8 Å². The zero-order valence-electron chi connectivity index (χ0n) is 26.0. The quantitative estimate of drug-likeness (QED) is 0.174. The number of thiazole rings is 1. The van der Waals surface area contributed by atoms with Gasteiger partial charge in [-0.25, -0.2) is 9.67 Å². The molecule has 2 unspecified atom stereocenters. The fourth-order valence-corrected chi connectivity index (χ4v) is 9.08. The third kappa shape index (κ3) is 5.98. The van der Waals surface area contributed by atoms with Crippen LogP contribution >= 0.6 is 22.1 Å². The van der Waals surface area contributed by atoms with Crippen molar-refractivity contribution in [2.24, 2.45) is 11.3 Å². The number of rotatable bonds is 8. The van der Waals surface area contributed by atoms with Crippen molar-refractivity contribution in [1.82, 2.24) is 24.3 Å². The van der Waals surface area contributed by atoms with Gasteiger partial charge in [0.2, 0.25) is 0 Å². The maximum Gasteiger partial charge on any atom is 0.416 e. The lowest BCUT2D eigenvalue weighted by Gasteiger charge is -2.43. The van der Waals surface area contributed by atoms with Gasteiger partial charge in [-0.2, -0.15) is 17.5 Å². The van der Waals surface area contributed by atoms with Crippen LogP contribution in [-0.4, -0.2) is 51.0 Å². The van der Waals surface area contributed by atoms with E-state index in [2.05, 4.69) is 10.3 Å². The molecule has 1 aliphatic heterocycles. The summed E-state index contributed by atoms with van der Waals surface area (Å²) in [5.41, 5.74) is 1.84. The molecule has 2 aromatic heterocycles. The summed E-state index contributed by atoms with van der Waals surface area (Å²) in [6, 6.07) is 6.97. The molecular formula is C31H38F3N5O4S2. The average molecular weight is 666 g/mol. The lowest BCUT2D eigenvalue weighted by Crippen LogP contribution is -2.33. The van der Waals surface area contributed by atoms with Gasteiger partial charge in [-0.15, -0.1) is 27.2 Å². The average Bonchev–Trinajstić information content (AvgIpc) is 3.52. The van der Waals surface area contributed by atoms with Crippen molar-refractivity contribution < 1.29 is 32.2 Å². The van der Waals surface area contributed by atoms with Gasteiger partial charge in [0, 0.05) is 18.0 Å². The van der Waals surface area contributed by atoms with Crippen LogP contribution in [0.25, 0.3) is 11.0 Å². The number of nitrogens with zero attached hydrogens (tertiary/aromatic N) is 5. The molecule has 0 saturated heterocycles. The Hall–Kier alpha value is -3.04. The number of hydrogen-bond donors (Lipinski definition) is 3. The number of aryl methyl sites for hydroxylation is 3. The van der Waals surface area contributed by atoms with E-state index in [1.54, 1.807) is 18.5 Å². The molecule has 14 heteroatoms. The van der Waals surface area contributed by atoms with E-state index in [4.69, 9.17) is 4.98 Å². The van der Waals surface area contributed by atoms with Crippen LogP contribution in [0.1, 0.15) is 77.9 Å². The predicted octanol–water partition coefficient (Wildman–Crippen LogP) is 7.90. The van der Waals surface area contributed by atoms with Crippen LogP contribution in [0.3, 0.4) is 0 Å². The van der Waals surface area contributed by atoms with Gasteiger partial charge < -0.3 is 5.11 Å². The molecule has 4 aromatic rings. The Labute approximate surface area is 265 Å². The minimum absolute atomic E-state index is 0.0279. The molecule has 45 heavy (non-hydrogen) atoms. The molecule has 0 amide bonds. The minimum atomic E-state index is -4.63. The first-order chi connectivity index (χ1) is 21.0. The standard InChI is InChI=1S/C31H38F3N5O4S2/c1-7-19-13-20-9-10-21(31(32,33)34)14-25(20)45(42,43)38(15-19)16-23-18(4)44-28(35-23)26(30(5,6)29(40)41)22-11-12-24-27(17(22)3)36-37-39(24)8-2/h9-12,14,19,26,42-43H,7-8,13,15-16H2,1-6H3,(H,40,41). The fraction of sp³-hybridized carbons (Fsp3) is 0.484. The lowest BCUT2D eigenvalue weighted by molar-refractivity contribution is -0.147. The van der Waals surface area contributed by atoms with Crippen molar-refractivity contribution >= 4 is 39.1 Å². The molecule has 9 nitrogen and oxygen atoms in total. The molecule has 2 atom stereocenters. The number of halogens is 3. The monoisotopic (exact) mass is 665 g/mol. The Kier molecular flexibility index (Phi) is 8.86. The number of alkyl halides is 3. The third-order valence-corrected chi connectivity index (χ3v) is 12.0. The number of fused-ring (bicyclic) bond motifs is 2. The van der Waals surface area contributed by atoms with Crippen LogP contribution in [-0.2, 0) is 30.5 Å². The van der Waals surface area contributed by atoms with Crippen LogP contribution in [0.15, 0.2) is 35.2 Å². The maximum absolute atomic E-state index is 13.6. The van der Waals surface area contributed by atoms with E-state index in [9.17, 15) is 32.2 Å². The van der Waals surface area contributed by atoms with Crippen LogP contribution in [0, 0.1) is 25.2 Å². The zero-order chi connectivity index (χ0) is 33.1. The Morgan fingerprint density at radius 3 is 2.49 bits per heavy atom. The third-order valence-electron chi connectivity index (χ3n) is 8.95. The molecule has 0 radical (unpaired) electrons. The number of aromatic nitrogens is 4. The summed E-state index contributed by atoms with van der Waals surface area (Å²) in [5, 5.41) is 19.5. The second kappa shape index (κ2) is 12.0. The highest BCUT2D eigenvalue weighted by molar-refractivity contribution is 8.22. The first-order valence-corrected chi connectivity index (χ1v) is 17.1. The first-order valence-electron chi connectivity index (χ1n) is 14.8. The van der Waals surface area contributed by atoms with E-state index in [0.29, 0.717) is 41.2 Å². The summed E-state index contributed by atoms with van der Waals surface area (Å²) in [5.74, 6) is -1.72. The number of carbonyl (C=O) groups is 1. The van der Waals surface area contributed by atoms with Crippen LogP contribution in [0.2, 0.25) is 0 Å². The summed E-state index contributed by atoms with van der Waals surface area (Å²) in [7, 11) is -3.81. The number of carboxylic acid groups (broad SMARTS) is 1. The van der Waals surface area contributed by atoms with Crippen molar-refractivity contribution in [3.8, 4) is 0 Å². The molecule has 0 aliphatic carbocycles. The second-order valence-electron chi connectivity index (χ2n) is 12.2. The second-order valence-corrected chi connectivity index (χ2v) is 15.4. The van der Waals surface area contributed by atoms with Gasteiger partial charge in [-0.05, 0) is 81.8 Å². The van der Waals surface area contributed by atoms with Gasteiger partial charge in [0.1, 0.15) is 10.5 Å². The maximum atomic E-state index is 13.6. The van der Waals surface area contributed by atoms with E-state index in [1.165, 1.54) is 21.7 Å². The molecule has 1 aliphatic rings. The molecule has 5 rings (SSSR count). The smallest absolute Gasteiger partial charge is 0.416 e. The van der Waals surface area contributed by atoms with Crippen molar-refractivity contribution in [2.75, 3.05) is 6.54 Å². The number of hydrogen-bond acceptors (Lipinski definition) is 8. The molecule has 0 fully saturated rings. The van der Waals surface area contributed by atoms with Crippen molar-refractivity contribution in [3.63, 3.8) is 0 Å². The predicted molar refractivity (Wildman–Crippen MR) is 169 cm³/mol. The summed E-state index contributed by atoms with van der Waals surface area (Å²) in [6.07, 6.45) is -3.53. The summed E-state index contributed by atoms with van der Waals surface area (Å²) in [4.78, 5) is 18.2. The Balaban J connectivity index is 1.58. The van der Waals surface area contributed by atoms with Crippen LogP contribution < -0.4 is 0 Å². The van der Waals surface area contributed by atoms with E-state index in [0.717, 1.165) is 33.7 Å². The van der Waals surface area contributed by atoms with E-state index in [1.807, 2.05) is 39.8 Å². The van der Waals surface area contributed by atoms with Crippen molar-refractivity contribution in [1.29, 1.82) is 0 Å². The number of aliphatic carboxylic acids is 1. The molecule has 0 bridgehead atoms. The van der Waals surface area contributed by atoms with Gasteiger partial charge in [-0.3, -0.25) is 13.9 Å². The lowest BCUT2D eigenvalue weighted by atomic mass is 9.74. The minimum Gasteiger partial charge on any atom is -0.481 e. The largest absolute Gasteiger partial charge is 0.481 e. The van der Waals surface area contributed by atoms with E-state index >= 15 is 0 Å². The highest BCUT2D eigenvalue weighted by Gasteiger charge is 2.43. The zero-order valence-corrected chi connectivity index (χ0v) is 27.6. The fourth-order valence-electron chi connectivity index (χ4n) is 6.06. The highest BCUT2D eigenvalue weighted by atomic mass is 32.3. The van der Waals surface area contributed by atoms with Crippen LogP contribution in [0.4, 0.5) is 13.2 Å². The van der Waals surface area contributed by atoms with Crippen molar-refractivity contribution in [3.05, 3.63) is 68.2 Å². The topological polar surface area (TPSA) is 125 Å².